The maximum Gasteiger partial charge on any atom is 0.269 e. The number of fused-ring (bicyclic) bond motifs is 2. The summed E-state index contributed by atoms with van der Waals surface area (Å²) in [6, 6.07) is 6.82. The molecule has 0 amide bonds. The van der Waals surface area contributed by atoms with Crippen molar-refractivity contribution in [2.45, 2.75) is 51.0 Å². The van der Waals surface area contributed by atoms with Crippen LogP contribution in [0, 0.1) is 10.1 Å². The van der Waals surface area contributed by atoms with Crippen molar-refractivity contribution in [3.63, 3.8) is 0 Å². The standard InChI is InChI=1S/C16H22N4O3/c1-2-17-16(19-14-9-13-7-8-15(14)23-13)18-10-11-3-5-12(6-4-11)20(21)22/h3-6,13-15H,2,7-10H2,1H3,(H2,17,18,19). The molecule has 0 radical (unpaired) electrons. The molecule has 0 spiro atoms. The first-order valence-electron chi connectivity index (χ1n) is 8.09. The number of guanidine groups is 1. The Morgan fingerprint density at radius 2 is 2.17 bits per heavy atom. The number of ether oxygens (including phenoxy) is 1. The van der Waals surface area contributed by atoms with Crippen LogP contribution in [-0.2, 0) is 11.3 Å². The summed E-state index contributed by atoms with van der Waals surface area (Å²) in [6.07, 6.45) is 4.01. The van der Waals surface area contributed by atoms with Crippen LogP contribution in [0.1, 0.15) is 31.7 Å². The maximum atomic E-state index is 10.7. The van der Waals surface area contributed by atoms with E-state index in [0.717, 1.165) is 30.9 Å². The molecule has 0 aliphatic carbocycles. The van der Waals surface area contributed by atoms with Crippen LogP contribution < -0.4 is 10.6 Å². The van der Waals surface area contributed by atoms with Gasteiger partial charge in [-0.25, -0.2) is 4.99 Å². The van der Waals surface area contributed by atoms with Crippen LogP contribution in [0.5, 0.6) is 0 Å². The monoisotopic (exact) mass is 318 g/mol. The molecule has 23 heavy (non-hydrogen) atoms. The molecular formula is C16H22N4O3. The lowest BCUT2D eigenvalue weighted by Crippen LogP contribution is -2.47. The molecule has 2 bridgehead atoms. The second-order valence-corrected chi connectivity index (χ2v) is 5.98. The fraction of sp³-hybridized carbons (Fsp3) is 0.562. The largest absolute Gasteiger partial charge is 0.373 e. The fourth-order valence-corrected chi connectivity index (χ4v) is 3.18. The van der Waals surface area contributed by atoms with Gasteiger partial charge >= 0.3 is 0 Å². The van der Waals surface area contributed by atoms with Gasteiger partial charge in [-0.05, 0) is 31.7 Å². The first kappa shape index (κ1) is 15.7. The normalized spacial score (nSPS) is 26.3. The Morgan fingerprint density at radius 3 is 2.74 bits per heavy atom. The molecule has 2 N–H and O–H groups in total. The molecule has 1 aromatic rings. The fourth-order valence-electron chi connectivity index (χ4n) is 3.18. The first-order valence-corrected chi connectivity index (χ1v) is 8.09. The molecule has 2 heterocycles. The van der Waals surface area contributed by atoms with Crippen molar-refractivity contribution in [2.75, 3.05) is 6.54 Å². The van der Waals surface area contributed by atoms with Gasteiger partial charge in [0.1, 0.15) is 0 Å². The number of hydrogen-bond acceptors (Lipinski definition) is 4. The second-order valence-electron chi connectivity index (χ2n) is 5.98. The summed E-state index contributed by atoms with van der Waals surface area (Å²) in [5, 5.41) is 17.4. The SMILES string of the molecule is CCNC(=NCc1ccc([N+](=O)[O-])cc1)NC1CC2CCC1O2. The Labute approximate surface area is 135 Å². The molecule has 1 aromatic carbocycles. The summed E-state index contributed by atoms with van der Waals surface area (Å²) in [6.45, 7) is 3.29. The highest BCUT2D eigenvalue weighted by atomic mass is 16.6. The average molecular weight is 318 g/mol. The van der Waals surface area contributed by atoms with Crippen LogP contribution in [0.25, 0.3) is 0 Å². The number of aliphatic imine (C=N–C) groups is 1. The number of benzene rings is 1. The molecule has 0 saturated carbocycles. The van der Waals surface area contributed by atoms with Crippen LogP contribution in [0.3, 0.4) is 0 Å². The van der Waals surface area contributed by atoms with Crippen LogP contribution >= 0.6 is 0 Å². The topological polar surface area (TPSA) is 88.8 Å². The lowest BCUT2D eigenvalue weighted by molar-refractivity contribution is -0.384. The van der Waals surface area contributed by atoms with Gasteiger partial charge in [0, 0.05) is 18.7 Å². The van der Waals surface area contributed by atoms with Gasteiger partial charge in [0.2, 0.25) is 0 Å². The Hall–Kier alpha value is -2.15. The van der Waals surface area contributed by atoms with Gasteiger partial charge in [-0.15, -0.1) is 0 Å². The van der Waals surface area contributed by atoms with E-state index in [-0.39, 0.29) is 5.69 Å². The van der Waals surface area contributed by atoms with Gasteiger partial charge in [-0.2, -0.15) is 0 Å². The van der Waals surface area contributed by atoms with Crippen molar-refractivity contribution >= 4 is 11.6 Å². The summed E-state index contributed by atoms with van der Waals surface area (Å²) < 4.78 is 5.85. The molecule has 3 atom stereocenters. The van der Waals surface area contributed by atoms with E-state index < -0.39 is 4.92 Å². The summed E-state index contributed by atoms with van der Waals surface area (Å²) >= 11 is 0. The highest BCUT2D eigenvalue weighted by molar-refractivity contribution is 5.80. The molecule has 2 fully saturated rings. The lowest BCUT2D eigenvalue weighted by Gasteiger charge is -2.22. The van der Waals surface area contributed by atoms with Crippen LogP contribution in [0.2, 0.25) is 0 Å². The average Bonchev–Trinajstić information content (AvgIpc) is 3.16. The molecule has 3 rings (SSSR count). The quantitative estimate of drug-likeness (QED) is 0.375. The molecule has 124 valence electrons. The number of nitrogens with one attached hydrogen (secondary N) is 2. The van der Waals surface area contributed by atoms with Gasteiger partial charge in [-0.3, -0.25) is 10.1 Å². The third kappa shape index (κ3) is 3.79. The van der Waals surface area contributed by atoms with Gasteiger partial charge in [-0.1, -0.05) is 12.1 Å². The van der Waals surface area contributed by atoms with E-state index in [1.54, 1.807) is 12.1 Å². The molecule has 7 heteroatoms. The van der Waals surface area contributed by atoms with E-state index in [2.05, 4.69) is 15.6 Å². The highest BCUT2D eigenvalue weighted by Crippen LogP contribution is 2.34. The number of non-ortho nitro benzene ring substituents is 1. The summed E-state index contributed by atoms with van der Waals surface area (Å²) in [5.74, 6) is 0.770. The van der Waals surface area contributed by atoms with E-state index in [4.69, 9.17) is 4.74 Å². The maximum absolute atomic E-state index is 10.7. The van der Waals surface area contributed by atoms with Gasteiger partial charge in [0.25, 0.3) is 5.69 Å². The van der Waals surface area contributed by atoms with Crippen molar-refractivity contribution in [1.29, 1.82) is 0 Å². The summed E-state index contributed by atoms with van der Waals surface area (Å²) in [4.78, 5) is 14.8. The number of nitro benzene ring substituents is 1. The predicted molar refractivity (Wildman–Crippen MR) is 87.3 cm³/mol. The summed E-state index contributed by atoms with van der Waals surface area (Å²) in [7, 11) is 0. The third-order valence-corrected chi connectivity index (χ3v) is 4.34. The predicted octanol–water partition coefficient (Wildman–Crippen LogP) is 1.97. The molecule has 2 saturated heterocycles. The second kappa shape index (κ2) is 6.95. The lowest BCUT2D eigenvalue weighted by atomic mass is 9.96. The number of nitrogens with zero attached hydrogens (tertiary/aromatic N) is 2. The van der Waals surface area contributed by atoms with E-state index in [9.17, 15) is 10.1 Å². The minimum Gasteiger partial charge on any atom is -0.373 e. The number of nitro groups is 1. The van der Waals surface area contributed by atoms with Gasteiger partial charge in [0.15, 0.2) is 5.96 Å². The number of rotatable bonds is 5. The van der Waals surface area contributed by atoms with Crippen LogP contribution in [0.4, 0.5) is 5.69 Å². The molecule has 0 aromatic heterocycles. The Bertz CT molecular complexity index is 587. The third-order valence-electron chi connectivity index (χ3n) is 4.34. The Morgan fingerprint density at radius 1 is 1.39 bits per heavy atom. The highest BCUT2D eigenvalue weighted by Gasteiger charge is 2.41. The molecular weight excluding hydrogens is 296 g/mol. The van der Waals surface area contributed by atoms with Crippen molar-refractivity contribution in [1.82, 2.24) is 10.6 Å². The number of hydrogen-bond donors (Lipinski definition) is 2. The summed E-state index contributed by atoms with van der Waals surface area (Å²) in [5.41, 5.74) is 1.04. The smallest absolute Gasteiger partial charge is 0.269 e. The zero-order valence-electron chi connectivity index (χ0n) is 13.2. The first-order chi connectivity index (χ1) is 11.2. The van der Waals surface area contributed by atoms with E-state index >= 15 is 0 Å². The molecule has 2 aliphatic rings. The Kier molecular flexibility index (Phi) is 4.76. The zero-order valence-corrected chi connectivity index (χ0v) is 13.2. The molecule has 7 nitrogen and oxygen atoms in total. The van der Waals surface area contributed by atoms with Gasteiger partial charge in [0.05, 0.1) is 29.7 Å². The van der Waals surface area contributed by atoms with Crippen molar-refractivity contribution in [2.24, 2.45) is 4.99 Å². The zero-order chi connectivity index (χ0) is 16.2. The van der Waals surface area contributed by atoms with E-state index in [1.165, 1.54) is 18.6 Å². The van der Waals surface area contributed by atoms with Crippen molar-refractivity contribution in [3.8, 4) is 0 Å². The Balaban J connectivity index is 1.61. The van der Waals surface area contributed by atoms with Crippen LogP contribution in [-0.4, -0.2) is 35.7 Å². The minimum atomic E-state index is -0.395. The molecule has 2 aliphatic heterocycles. The van der Waals surface area contributed by atoms with E-state index in [1.807, 2.05) is 6.92 Å². The molecule has 3 unspecified atom stereocenters. The van der Waals surface area contributed by atoms with E-state index in [0.29, 0.717) is 24.8 Å². The van der Waals surface area contributed by atoms with Crippen molar-refractivity contribution in [3.05, 3.63) is 39.9 Å². The van der Waals surface area contributed by atoms with Gasteiger partial charge < -0.3 is 15.4 Å². The minimum absolute atomic E-state index is 0.0990. The van der Waals surface area contributed by atoms with Crippen LogP contribution in [0.15, 0.2) is 29.3 Å². The van der Waals surface area contributed by atoms with Crippen molar-refractivity contribution < 1.29 is 9.66 Å².